The van der Waals surface area contributed by atoms with Crippen LogP contribution in [-0.4, -0.2) is 16.1 Å². The van der Waals surface area contributed by atoms with Crippen molar-refractivity contribution in [2.75, 3.05) is 6.54 Å². The van der Waals surface area contributed by atoms with E-state index in [-0.39, 0.29) is 0 Å². The summed E-state index contributed by atoms with van der Waals surface area (Å²) in [5, 5.41) is 3.49. The van der Waals surface area contributed by atoms with Crippen LogP contribution in [0.4, 0.5) is 0 Å². The zero-order valence-corrected chi connectivity index (χ0v) is 13.7. The molecule has 2 aromatic heterocycles. The van der Waals surface area contributed by atoms with Crippen molar-refractivity contribution < 1.29 is 0 Å². The normalized spacial score (nSPS) is 13.1. The van der Waals surface area contributed by atoms with E-state index in [0.717, 1.165) is 19.5 Å². The van der Waals surface area contributed by atoms with Gasteiger partial charge in [0.15, 0.2) is 0 Å². The summed E-state index contributed by atoms with van der Waals surface area (Å²) in [6.07, 6.45) is 5.01. The van der Waals surface area contributed by atoms with Gasteiger partial charge >= 0.3 is 0 Å². The third-order valence-electron chi connectivity index (χ3n) is 3.37. The van der Waals surface area contributed by atoms with Crippen LogP contribution in [0.2, 0.25) is 0 Å². The van der Waals surface area contributed by atoms with E-state index in [2.05, 4.69) is 54.7 Å². The fourth-order valence-corrected chi connectivity index (χ4v) is 3.35. The van der Waals surface area contributed by atoms with Crippen molar-refractivity contribution in [2.45, 2.75) is 46.7 Å². The third kappa shape index (κ3) is 4.18. The summed E-state index contributed by atoms with van der Waals surface area (Å²) >= 11 is 1.89. The Morgan fingerprint density at radius 3 is 2.75 bits per heavy atom. The predicted octanol–water partition coefficient (Wildman–Crippen LogP) is 3.80. The second-order valence-corrected chi connectivity index (χ2v) is 7.25. The lowest BCUT2D eigenvalue weighted by atomic mass is 10.2. The van der Waals surface area contributed by atoms with Crippen LogP contribution < -0.4 is 5.32 Å². The first-order valence-corrected chi connectivity index (χ1v) is 8.14. The summed E-state index contributed by atoms with van der Waals surface area (Å²) in [6.45, 7) is 10.8. The third-order valence-corrected chi connectivity index (χ3v) is 4.40. The molecule has 2 aromatic rings. The Kier molecular flexibility index (Phi) is 5.38. The summed E-state index contributed by atoms with van der Waals surface area (Å²) in [6, 6.07) is 4.89. The van der Waals surface area contributed by atoms with Crippen molar-refractivity contribution in [1.82, 2.24) is 14.9 Å². The zero-order valence-electron chi connectivity index (χ0n) is 12.9. The molecule has 3 nitrogen and oxygen atoms in total. The highest BCUT2D eigenvalue weighted by Gasteiger charge is 2.11. The molecule has 1 unspecified atom stereocenters. The van der Waals surface area contributed by atoms with Gasteiger partial charge < -0.3 is 9.88 Å². The molecule has 0 amide bonds. The highest BCUT2D eigenvalue weighted by Crippen LogP contribution is 2.22. The number of imidazole rings is 1. The van der Waals surface area contributed by atoms with Crippen molar-refractivity contribution in [1.29, 1.82) is 0 Å². The van der Waals surface area contributed by atoms with E-state index in [1.54, 1.807) is 0 Å². The highest BCUT2D eigenvalue weighted by molar-refractivity contribution is 7.11. The van der Waals surface area contributed by atoms with Crippen LogP contribution in [0.5, 0.6) is 0 Å². The molecule has 2 rings (SSSR count). The molecule has 0 fully saturated rings. The number of nitrogens with zero attached hydrogens (tertiary/aromatic N) is 2. The van der Waals surface area contributed by atoms with E-state index < -0.39 is 0 Å². The molecule has 0 aliphatic heterocycles. The molecule has 110 valence electrons. The largest absolute Gasteiger partial charge is 0.330 e. The highest BCUT2D eigenvalue weighted by atomic mass is 32.1. The Labute approximate surface area is 126 Å². The maximum absolute atomic E-state index is 4.31. The van der Waals surface area contributed by atoms with Crippen molar-refractivity contribution >= 4 is 11.3 Å². The molecule has 0 aliphatic carbocycles. The number of aromatic nitrogens is 2. The molecule has 0 aromatic carbocycles. The minimum absolute atomic E-state index is 0.450. The minimum atomic E-state index is 0.450. The lowest BCUT2D eigenvalue weighted by Gasteiger charge is -2.16. The predicted molar refractivity (Wildman–Crippen MR) is 86.2 cm³/mol. The first-order chi connectivity index (χ1) is 9.56. The molecule has 4 heteroatoms. The summed E-state index contributed by atoms with van der Waals surface area (Å²) < 4.78 is 2.29. The Morgan fingerprint density at radius 1 is 1.30 bits per heavy atom. The standard InChI is InChI=1S/C16H25N3S/c1-12(2)8-17-9-15-10-18-11-19(15)13(3)7-16-6-5-14(4)20-16/h5-6,10-13,17H,7-9H2,1-4H3. The van der Waals surface area contributed by atoms with E-state index in [0.29, 0.717) is 12.0 Å². The van der Waals surface area contributed by atoms with Gasteiger partial charge in [-0.15, -0.1) is 11.3 Å². The van der Waals surface area contributed by atoms with E-state index in [4.69, 9.17) is 0 Å². The van der Waals surface area contributed by atoms with Crippen molar-refractivity contribution in [3.63, 3.8) is 0 Å². The second kappa shape index (κ2) is 7.04. The van der Waals surface area contributed by atoms with Gasteiger partial charge in [0.05, 0.1) is 12.0 Å². The Hall–Kier alpha value is -1.13. The number of aryl methyl sites for hydroxylation is 1. The van der Waals surface area contributed by atoms with Crippen LogP contribution in [0.3, 0.4) is 0 Å². The van der Waals surface area contributed by atoms with E-state index in [1.807, 2.05) is 23.9 Å². The molecule has 2 heterocycles. The average Bonchev–Trinajstić information content (AvgIpc) is 2.98. The number of nitrogens with one attached hydrogen (secondary N) is 1. The van der Waals surface area contributed by atoms with Gasteiger partial charge in [0.1, 0.15) is 0 Å². The molecule has 0 spiro atoms. The Balaban J connectivity index is 1.96. The quantitative estimate of drug-likeness (QED) is 0.841. The molecular weight excluding hydrogens is 266 g/mol. The molecule has 1 atom stereocenters. The molecule has 0 aliphatic rings. The monoisotopic (exact) mass is 291 g/mol. The van der Waals surface area contributed by atoms with Crippen LogP contribution in [0.25, 0.3) is 0 Å². The SMILES string of the molecule is Cc1ccc(CC(C)n2cncc2CNCC(C)C)s1. The number of thiophene rings is 1. The van der Waals surface area contributed by atoms with E-state index in [9.17, 15) is 0 Å². The van der Waals surface area contributed by atoms with Crippen LogP contribution in [0.15, 0.2) is 24.7 Å². The fourth-order valence-electron chi connectivity index (χ4n) is 2.34. The summed E-state index contributed by atoms with van der Waals surface area (Å²) in [5.41, 5.74) is 1.27. The molecule has 0 radical (unpaired) electrons. The molecule has 0 saturated carbocycles. The summed E-state index contributed by atoms with van der Waals surface area (Å²) in [7, 11) is 0. The fraction of sp³-hybridized carbons (Fsp3) is 0.562. The minimum Gasteiger partial charge on any atom is -0.330 e. The van der Waals surface area contributed by atoms with Gasteiger partial charge in [-0.2, -0.15) is 0 Å². The molecule has 1 N–H and O–H groups in total. The van der Waals surface area contributed by atoms with Gasteiger partial charge in [-0.1, -0.05) is 13.8 Å². The molecule has 0 bridgehead atoms. The van der Waals surface area contributed by atoms with E-state index >= 15 is 0 Å². The van der Waals surface area contributed by atoms with Crippen molar-refractivity contribution in [3.05, 3.63) is 40.1 Å². The Morgan fingerprint density at radius 2 is 2.10 bits per heavy atom. The topological polar surface area (TPSA) is 29.9 Å². The van der Waals surface area contributed by atoms with Crippen LogP contribution in [0, 0.1) is 12.8 Å². The maximum atomic E-state index is 4.31. The first-order valence-electron chi connectivity index (χ1n) is 7.33. The molecular formula is C16H25N3S. The second-order valence-electron chi connectivity index (χ2n) is 5.88. The van der Waals surface area contributed by atoms with Gasteiger partial charge in [0.25, 0.3) is 0 Å². The summed E-state index contributed by atoms with van der Waals surface area (Å²) in [5.74, 6) is 0.679. The van der Waals surface area contributed by atoms with E-state index in [1.165, 1.54) is 15.4 Å². The Bertz CT molecular complexity index is 527. The number of hydrogen-bond acceptors (Lipinski definition) is 3. The molecule has 20 heavy (non-hydrogen) atoms. The molecule has 0 saturated heterocycles. The number of hydrogen-bond donors (Lipinski definition) is 1. The van der Waals surface area contributed by atoms with Crippen molar-refractivity contribution in [3.8, 4) is 0 Å². The maximum Gasteiger partial charge on any atom is 0.0951 e. The van der Waals surface area contributed by atoms with Crippen LogP contribution in [-0.2, 0) is 13.0 Å². The lowest BCUT2D eigenvalue weighted by molar-refractivity contribution is 0.496. The van der Waals surface area contributed by atoms with Gasteiger partial charge in [-0.25, -0.2) is 4.98 Å². The summed E-state index contributed by atoms with van der Waals surface area (Å²) in [4.78, 5) is 7.15. The van der Waals surface area contributed by atoms with Crippen LogP contribution >= 0.6 is 11.3 Å². The van der Waals surface area contributed by atoms with Gasteiger partial charge in [0, 0.05) is 35.0 Å². The van der Waals surface area contributed by atoms with Crippen LogP contribution in [0.1, 0.15) is 42.3 Å². The van der Waals surface area contributed by atoms with Crippen molar-refractivity contribution in [2.24, 2.45) is 5.92 Å². The lowest BCUT2D eigenvalue weighted by Crippen LogP contribution is -2.21. The van der Waals surface area contributed by atoms with Gasteiger partial charge in [-0.05, 0) is 38.4 Å². The zero-order chi connectivity index (χ0) is 14.5. The first kappa shape index (κ1) is 15.3. The van der Waals surface area contributed by atoms with Gasteiger partial charge in [-0.3, -0.25) is 0 Å². The number of rotatable bonds is 7. The average molecular weight is 291 g/mol. The van der Waals surface area contributed by atoms with Gasteiger partial charge in [0.2, 0.25) is 0 Å². The smallest absolute Gasteiger partial charge is 0.0951 e.